The standard InChI is InChI=1S/C12H8N2O2S/c15-12(16)9-3-1-5-11-13-8(7-14(9)11)10-4-2-6-17-10/h1-7H,(H,15,16). The lowest BCUT2D eigenvalue weighted by Crippen LogP contribution is -2.03. The maximum Gasteiger partial charge on any atom is 0.352 e. The third-order valence-electron chi connectivity index (χ3n) is 2.48. The molecule has 0 bridgehead atoms. The third-order valence-corrected chi connectivity index (χ3v) is 3.38. The van der Waals surface area contributed by atoms with Gasteiger partial charge in [0.1, 0.15) is 11.3 Å². The second-order valence-corrected chi connectivity index (χ2v) is 4.50. The number of nitrogens with zero attached hydrogens (tertiary/aromatic N) is 2. The smallest absolute Gasteiger partial charge is 0.352 e. The number of hydrogen-bond acceptors (Lipinski definition) is 3. The first-order valence-corrected chi connectivity index (χ1v) is 5.89. The van der Waals surface area contributed by atoms with E-state index in [4.69, 9.17) is 5.11 Å². The van der Waals surface area contributed by atoms with Gasteiger partial charge in [-0.1, -0.05) is 12.1 Å². The van der Waals surface area contributed by atoms with Crippen LogP contribution in [0.3, 0.4) is 0 Å². The molecule has 3 aromatic rings. The number of aromatic carboxylic acids is 1. The SMILES string of the molecule is O=C(O)c1cccc2nc(-c3cccs3)cn12. The second kappa shape index (κ2) is 3.71. The van der Waals surface area contributed by atoms with Crippen LogP contribution in [0.4, 0.5) is 0 Å². The Morgan fingerprint density at radius 2 is 2.18 bits per heavy atom. The van der Waals surface area contributed by atoms with Gasteiger partial charge in [0.25, 0.3) is 0 Å². The molecule has 0 saturated heterocycles. The van der Waals surface area contributed by atoms with Gasteiger partial charge in [0.15, 0.2) is 0 Å². The number of fused-ring (bicyclic) bond motifs is 1. The van der Waals surface area contributed by atoms with Gasteiger partial charge in [-0.05, 0) is 23.6 Å². The van der Waals surface area contributed by atoms with Crippen molar-refractivity contribution in [3.8, 4) is 10.6 Å². The summed E-state index contributed by atoms with van der Waals surface area (Å²) in [5.41, 5.74) is 1.67. The summed E-state index contributed by atoms with van der Waals surface area (Å²) in [6.07, 6.45) is 1.75. The van der Waals surface area contributed by atoms with Crippen molar-refractivity contribution in [1.29, 1.82) is 0 Å². The molecule has 0 atom stereocenters. The minimum Gasteiger partial charge on any atom is -0.477 e. The molecule has 84 valence electrons. The molecule has 0 fully saturated rings. The first-order chi connectivity index (χ1) is 8.25. The van der Waals surface area contributed by atoms with Gasteiger partial charge in [0.2, 0.25) is 0 Å². The van der Waals surface area contributed by atoms with Crippen molar-refractivity contribution in [2.45, 2.75) is 0 Å². The predicted molar refractivity (Wildman–Crippen MR) is 65.5 cm³/mol. The molecular formula is C12H8N2O2S. The van der Waals surface area contributed by atoms with Crippen molar-refractivity contribution < 1.29 is 9.90 Å². The Morgan fingerprint density at radius 3 is 2.88 bits per heavy atom. The zero-order chi connectivity index (χ0) is 11.8. The number of hydrogen-bond donors (Lipinski definition) is 1. The van der Waals surface area contributed by atoms with Gasteiger partial charge in [0, 0.05) is 6.20 Å². The molecule has 0 aliphatic rings. The number of pyridine rings is 1. The summed E-state index contributed by atoms with van der Waals surface area (Å²) in [5, 5.41) is 11.0. The third kappa shape index (κ3) is 1.60. The Kier molecular flexibility index (Phi) is 2.19. The molecular weight excluding hydrogens is 236 g/mol. The fourth-order valence-electron chi connectivity index (χ4n) is 1.73. The Balaban J connectivity index is 2.26. The Hall–Kier alpha value is -2.14. The molecule has 3 heterocycles. The van der Waals surface area contributed by atoms with Crippen LogP contribution < -0.4 is 0 Å². The van der Waals surface area contributed by atoms with E-state index >= 15 is 0 Å². The number of carboxylic acid groups (broad SMARTS) is 1. The summed E-state index contributed by atoms with van der Waals surface area (Å²) in [6, 6.07) is 8.97. The fraction of sp³-hybridized carbons (Fsp3) is 0. The van der Waals surface area contributed by atoms with Crippen LogP contribution in [0.25, 0.3) is 16.2 Å². The summed E-state index contributed by atoms with van der Waals surface area (Å²) in [5.74, 6) is -0.953. The molecule has 5 heteroatoms. The van der Waals surface area contributed by atoms with Crippen LogP contribution in [0.15, 0.2) is 41.9 Å². The van der Waals surface area contributed by atoms with Crippen molar-refractivity contribution in [3.63, 3.8) is 0 Å². The molecule has 3 rings (SSSR count). The molecule has 0 amide bonds. The molecule has 0 unspecified atom stereocenters. The van der Waals surface area contributed by atoms with E-state index in [0.717, 1.165) is 10.6 Å². The zero-order valence-corrected chi connectivity index (χ0v) is 9.52. The molecule has 3 aromatic heterocycles. The largest absolute Gasteiger partial charge is 0.477 e. The summed E-state index contributed by atoms with van der Waals surface area (Å²) in [4.78, 5) is 16.5. The Bertz CT molecular complexity index is 686. The summed E-state index contributed by atoms with van der Waals surface area (Å²) >= 11 is 1.58. The molecule has 0 radical (unpaired) electrons. The number of carbonyl (C=O) groups is 1. The quantitative estimate of drug-likeness (QED) is 0.754. The number of imidazole rings is 1. The number of carboxylic acids is 1. The zero-order valence-electron chi connectivity index (χ0n) is 8.70. The minimum atomic E-state index is -0.953. The first kappa shape index (κ1) is 10.0. The number of rotatable bonds is 2. The fourth-order valence-corrected chi connectivity index (χ4v) is 2.41. The van der Waals surface area contributed by atoms with Crippen LogP contribution in [-0.2, 0) is 0 Å². The van der Waals surface area contributed by atoms with Crippen molar-refractivity contribution in [2.24, 2.45) is 0 Å². The van der Waals surface area contributed by atoms with Crippen LogP contribution in [0.5, 0.6) is 0 Å². The van der Waals surface area contributed by atoms with E-state index < -0.39 is 5.97 Å². The Morgan fingerprint density at radius 1 is 1.29 bits per heavy atom. The van der Waals surface area contributed by atoms with Crippen molar-refractivity contribution in [1.82, 2.24) is 9.38 Å². The lowest BCUT2D eigenvalue weighted by atomic mass is 10.3. The van der Waals surface area contributed by atoms with Crippen LogP contribution in [0.1, 0.15) is 10.5 Å². The molecule has 0 saturated carbocycles. The van der Waals surface area contributed by atoms with Gasteiger partial charge in [0.05, 0.1) is 10.6 Å². The summed E-state index contributed by atoms with van der Waals surface area (Å²) in [6.45, 7) is 0. The van der Waals surface area contributed by atoms with Gasteiger partial charge in [-0.25, -0.2) is 9.78 Å². The molecule has 1 N–H and O–H groups in total. The number of thiophene rings is 1. The van der Waals surface area contributed by atoms with Crippen molar-refractivity contribution in [2.75, 3.05) is 0 Å². The van der Waals surface area contributed by atoms with E-state index in [0.29, 0.717) is 5.65 Å². The van der Waals surface area contributed by atoms with Crippen LogP contribution >= 0.6 is 11.3 Å². The van der Waals surface area contributed by atoms with Crippen molar-refractivity contribution >= 4 is 23.0 Å². The highest BCUT2D eigenvalue weighted by Crippen LogP contribution is 2.24. The lowest BCUT2D eigenvalue weighted by Gasteiger charge is -1.97. The average molecular weight is 244 g/mol. The maximum absolute atomic E-state index is 11.1. The topological polar surface area (TPSA) is 54.6 Å². The highest BCUT2D eigenvalue weighted by molar-refractivity contribution is 7.13. The second-order valence-electron chi connectivity index (χ2n) is 3.55. The predicted octanol–water partition coefficient (Wildman–Crippen LogP) is 2.76. The monoisotopic (exact) mass is 244 g/mol. The summed E-state index contributed by atoms with van der Waals surface area (Å²) in [7, 11) is 0. The molecule has 0 aliphatic carbocycles. The Labute approximate surface area is 101 Å². The molecule has 0 aliphatic heterocycles. The van der Waals surface area contributed by atoms with E-state index in [1.165, 1.54) is 0 Å². The van der Waals surface area contributed by atoms with Gasteiger partial charge >= 0.3 is 5.97 Å². The first-order valence-electron chi connectivity index (χ1n) is 5.01. The lowest BCUT2D eigenvalue weighted by molar-refractivity contribution is 0.0689. The number of aromatic nitrogens is 2. The molecule has 0 aromatic carbocycles. The van der Waals surface area contributed by atoms with Gasteiger partial charge in [-0.3, -0.25) is 4.40 Å². The van der Waals surface area contributed by atoms with Gasteiger partial charge in [-0.15, -0.1) is 11.3 Å². The van der Waals surface area contributed by atoms with Crippen molar-refractivity contribution in [3.05, 3.63) is 47.6 Å². The molecule has 0 spiro atoms. The van der Waals surface area contributed by atoms with E-state index in [2.05, 4.69) is 4.98 Å². The summed E-state index contributed by atoms with van der Waals surface area (Å²) < 4.78 is 1.59. The molecule has 4 nitrogen and oxygen atoms in total. The highest BCUT2D eigenvalue weighted by atomic mass is 32.1. The minimum absolute atomic E-state index is 0.220. The van der Waals surface area contributed by atoms with E-state index in [-0.39, 0.29) is 5.69 Å². The van der Waals surface area contributed by atoms with E-state index in [1.54, 1.807) is 40.1 Å². The van der Waals surface area contributed by atoms with Gasteiger partial charge in [-0.2, -0.15) is 0 Å². The highest BCUT2D eigenvalue weighted by Gasteiger charge is 2.11. The van der Waals surface area contributed by atoms with Crippen LogP contribution in [-0.4, -0.2) is 20.5 Å². The van der Waals surface area contributed by atoms with Gasteiger partial charge < -0.3 is 5.11 Å². The van der Waals surface area contributed by atoms with Crippen LogP contribution in [0, 0.1) is 0 Å². The van der Waals surface area contributed by atoms with E-state index in [1.807, 2.05) is 17.5 Å². The average Bonchev–Trinajstić information content (AvgIpc) is 2.96. The normalized spacial score (nSPS) is 10.8. The van der Waals surface area contributed by atoms with E-state index in [9.17, 15) is 4.79 Å². The molecule has 17 heavy (non-hydrogen) atoms. The maximum atomic E-state index is 11.1. The van der Waals surface area contributed by atoms with Crippen LogP contribution in [0.2, 0.25) is 0 Å².